The second-order valence-corrected chi connectivity index (χ2v) is 4.56. The second-order valence-electron chi connectivity index (χ2n) is 4.56. The number of hydrogen-bond acceptors (Lipinski definition) is 3. The fraction of sp³-hybridized carbons (Fsp3) is 0.250. The van der Waals surface area contributed by atoms with E-state index >= 15 is 0 Å². The van der Waals surface area contributed by atoms with Gasteiger partial charge in [0.05, 0.1) is 12.1 Å². The summed E-state index contributed by atoms with van der Waals surface area (Å²) in [5.41, 5.74) is 1.40. The first kappa shape index (κ1) is 14.1. The minimum atomic E-state index is -0.0477. The molecule has 0 spiro atoms. The summed E-state index contributed by atoms with van der Waals surface area (Å²) in [5.74, 6) is 0.523. The van der Waals surface area contributed by atoms with E-state index in [0.717, 1.165) is 5.69 Å². The van der Waals surface area contributed by atoms with Crippen molar-refractivity contribution in [3.63, 3.8) is 0 Å². The average molecular weight is 271 g/mol. The molecule has 2 rings (SSSR count). The third-order valence-corrected chi connectivity index (χ3v) is 3.11. The van der Waals surface area contributed by atoms with E-state index < -0.39 is 0 Å². The summed E-state index contributed by atoms with van der Waals surface area (Å²) in [4.78, 5) is 23.2. The summed E-state index contributed by atoms with van der Waals surface area (Å²) in [6, 6.07) is 12.3. The second kappa shape index (κ2) is 6.19. The van der Waals surface area contributed by atoms with Gasteiger partial charge >= 0.3 is 0 Å². The lowest BCUT2D eigenvalue weighted by molar-refractivity contribution is 0.101. The minimum absolute atomic E-state index is 0.0336. The molecule has 0 N–H and O–H groups in total. The number of ketones is 1. The van der Waals surface area contributed by atoms with Crippen LogP contribution in [0.3, 0.4) is 0 Å². The van der Waals surface area contributed by atoms with E-state index in [9.17, 15) is 9.59 Å². The van der Waals surface area contributed by atoms with E-state index in [2.05, 4.69) is 0 Å². The van der Waals surface area contributed by atoms with Gasteiger partial charge in [-0.15, -0.1) is 0 Å². The van der Waals surface area contributed by atoms with E-state index in [-0.39, 0.29) is 11.3 Å². The monoisotopic (exact) mass is 271 g/mol. The van der Waals surface area contributed by atoms with Crippen LogP contribution in [0.1, 0.15) is 23.0 Å². The first-order valence-electron chi connectivity index (χ1n) is 6.49. The van der Waals surface area contributed by atoms with Gasteiger partial charge in [0.25, 0.3) is 5.56 Å². The molecule has 0 atom stereocenters. The van der Waals surface area contributed by atoms with Gasteiger partial charge in [0, 0.05) is 11.8 Å². The summed E-state index contributed by atoms with van der Waals surface area (Å²) >= 11 is 0. The van der Waals surface area contributed by atoms with Gasteiger partial charge < -0.3 is 9.30 Å². The maximum Gasteiger partial charge on any atom is 0.250 e. The van der Waals surface area contributed by atoms with Crippen molar-refractivity contribution >= 4 is 5.78 Å². The Morgan fingerprint density at radius 2 is 1.90 bits per heavy atom. The third-order valence-electron chi connectivity index (χ3n) is 3.11. The topological polar surface area (TPSA) is 48.3 Å². The summed E-state index contributed by atoms with van der Waals surface area (Å²) in [6.45, 7) is 4.19. The molecule has 104 valence electrons. The lowest BCUT2D eigenvalue weighted by Crippen LogP contribution is -2.24. The Kier molecular flexibility index (Phi) is 4.35. The Hall–Kier alpha value is -2.36. The largest absolute Gasteiger partial charge is 0.491 e. The van der Waals surface area contributed by atoms with Gasteiger partial charge in [-0.05, 0) is 32.0 Å². The van der Waals surface area contributed by atoms with E-state index in [0.29, 0.717) is 24.5 Å². The molecule has 0 saturated carbocycles. The maximum absolute atomic E-state index is 11.7. The lowest BCUT2D eigenvalue weighted by Gasteiger charge is -2.12. The molecule has 0 fully saturated rings. The number of hydrogen-bond donors (Lipinski definition) is 0. The van der Waals surface area contributed by atoms with E-state index in [1.807, 2.05) is 19.1 Å². The highest BCUT2D eigenvalue weighted by Gasteiger charge is 2.07. The Balaban J connectivity index is 2.07. The predicted molar refractivity (Wildman–Crippen MR) is 77.4 cm³/mol. The van der Waals surface area contributed by atoms with E-state index in [1.54, 1.807) is 28.8 Å². The van der Waals surface area contributed by atoms with Crippen molar-refractivity contribution < 1.29 is 9.53 Å². The number of benzene rings is 1. The summed E-state index contributed by atoms with van der Waals surface area (Å²) in [7, 11) is 0. The highest BCUT2D eigenvalue weighted by atomic mass is 16.5. The van der Waals surface area contributed by atoms with Crippen LogP contribution in [0, 0.1) is 6.92 Å². The average Bonchev–Trinajstić information content (AvgIpc) is 2.42. The fourth-order valence-corrected chi connectivity index (χ4v) is 2.04. The quantitative estimate of drug-likeness (QED) is 0.785. The molecular weight excluding hydrogens is 254 g/mol. The van der Waals surface area contributed by atoms with Gasteiger partial charge in [0.1, 0.15) is 12.4 Å². The molecule has 0 aliphatic rings. The number of pyridine rings is 1. The highest BCUT2D eigenvalue weighted by Crippen LogP contribution is 2.18. The van der Waals surface area contributed by atoms with Crippen LogP contribution in [0.25, 0.3) is 0 Å². The summed E-state index contributed by atoms with van der Waals surface area (Å²) in [6.07, 6.45) is 0. The Morgan fingerprint density at radius 3 is 2.60 bits per heavy atom. The number of ether oxygens (including phenoxy) is 1. The zero-order valence-corrected chi connectivity index (χ0v) is 11.6. The van der Waals surface area contributed by atoms with Crippen molar-refractivity contribution in [3.8, 4) is 5.75 Å². The molecule has 0 amide bonds. The van der Waals surface area contributed by atoms with Gasteiger partial charge in [-0.25, -0.2) is 0 Å². The molecule has 0 aliphatic carbocycles. The van der Waals surface area contributed by atoms with Gasteiger partial charge in [-0.1, -0.05) is 18.2 Å². The minimum Gasteiger partial charge on any atom is -0.491 e. The molecule has 1 aromatic carbocycles. The highest BCUT2D eigenvalue weighted by molar-refractivity contribution is 5.96. The van der Waals surface area contributed by atoms with Crippen molar-refractivity contribution in [2.24, 2.45) is 0 Å². The number of aryl methyl sites for hydroxylation is 1. The SMILES string of the molecule is CC(=O)c1ccccc1OCCn1c(C)cccc1=O. The number of rotatable bonds is 5. The van der Waals surface area contributed by atoms with Gasteiger partial charge in [-0.2, -0.15) is 0 Å². The van der Waals surface area contributed by atoms with Crippen LogP contribution in [0.5, 0.6) is 5.75 Å². The number of aromatic nitrogens is 1. The molecule has 0 unspecified atom stereocenters. The van der Waals surface area contributed by atoms with Crippen molar-refractivity contribution in [1.29, 1.82) is 0 Å². The Labute approximate surface area is 117 Å². The molecule has 0 aliphatic heterocycles. The standard InChI is InChI=1S/C16H17NO3/c1-12-6-5-9-16(19)17(12)10-11-20-15-8-4-3-7-14(15)13(2)18/h3-9H,10-11H2,1-2H3. The van der Waals surface area contributed by atoms with Crippen LogP contribution in [0.15, 0.2) is 47.3 Å². The molecule has 20 heavy (non-hydrogen) atoms. The van der Waals surface area contributed by atoms with Crippen LogP contribution >= 0.6 is 0 Å². The molecule has 4 heteroatoms. The van der Waals surface area contributed by atoms with Gasteiger partial charge in [0.2, 0.25) is 0 Å². The number of carbonyl (C=O) groups excluding carboxylic acids is 1. The molecular formula is C16H17NO3. The van der Waals surface area contributed by atoms with E-state index in [1.165, 1.54) is 13.0 Å². The number of carbonyl (C=O) groups is 1. The molecule has 0 radical (unpaired) electrons. The molecule has 0 saturated heterocycles. The van der Waals surface area contributed by atoms with Gasteiger partial charge in [0.15, 0.2) is 5.78 Å². The zero-order chi connectivity index (χ0) is 14.5. The molecule has 1 aromatic heterocycles. The summed E-state index contributed by atoms with van der Waals surface area (Å²) < 4.78 is 7.28. The predicted octanol–water partition coefficient (Wildman–Crippen LogP) is 2.44. The molecule has 0 bridgehead atoms. The lowest BCUT2D eigenvalue weighted by atomic mass is 10.1. The van der Waals surface area contributed by atoms with E-state index in [4.69, 9.17) is 4.74 Å². The Bertz CT molecular complexity index is 673. The fourth-order valence-electron chi connectivity index (χ4n) is 2.04. The van der Waals surface area contributed by atoms with Crippen LogP contribution < -0.4 is 10.3 Å². The smallest absolute Gasteiger partial charge is 0.250 e. The first-order chi connectivity index (χ1) is 9.59. The van der Waals surface area contributed by atoms with Crippen molar-refractivity contribution in [1.82, 2.24) is 4.57 Å². The van der Waals surface area contributed by atoms with Crippen LogP contribution in [-0.4, -0.2) is 17.0 Å². The van der Waals surface area contributed by atoms with Crippen LogP contribution in [0.4, 0.5) is 0 Å². The zero-order valence-electron chi connectivity index (χ0n) is 11.6. The molecule has 2 aromatic rings. The molecule has 4 nitrogen and oxygen atoms in total. The normalized spacial score (nSPS) is 10.3. The Morgan fingerprint density at radius 1 is 1.15 bits per heavy atom. The first-order valence-corrected chi connectivity index (χ1v) is 6.49. The molecule has 1 heterocycles. The summed E-state index contributed by atoms with van der Waals surface area (Å²) in [5, 5.41) is 0. The van der Waals surface area contributed by atoms with Crippen molar-refractivity contribution in [3.05, 3.63) is 64.1 Å². The number of nitrogens with zero attached hydrogens (tertiary/aromatic N) is 1. The third kappa shape index (κ3) is 3.15. The maximum atomic E-state index is 11.7. The van der Waals surface area contributed by atoms with Crippen LogP contribution in [-0.2, 0) is 6.54 Å². The van der Waals surface area contributed by atoms with Crippen LogP contribution in [0.2, 0.25) is 0 Å². The van der Waals surface area contributed by atoms with Crippen molar-refractivity contribution in [2.45, 2.75) is 20.4 Å². The van der Waals surface area contributed by atoms with Gasteiger partial charge in [-0.3, -0.25) is 9.59 Å². The number of para-hydroxylation sites is 1. The van der Waals surface area contributed by atoms with Crippen molar-refractivity contribution in [2.75, 3.05) is 6.61 Å². The number of Topliss-reactive ketones (excluding diaryl/α,β-unsaturated/α-hetero) is 1.